The van der Waals surface area contributed by atoms with Crippen molar-refractivity contribution in [2.45, 2.75) is 38.0 Å². The highest BCUT2D eigenvalue weighted by atomic mass is 32.2. The van der Waals surface area contributed by atoms with Crippen LogP contribution < -0.4 is 15.5 Å². The maximum Gasteiger partial charge on any atom is 0.304 e. The van der Waals surface area contributed by atoms with Crippen LogP contribution in [0.5, 0.6) is 0 Å². The molecule has 0 aliphatic carbocycles. The Morgan fingerprint density at radius 2 is 1.50 bits per heavy atom. The van der Waals surface area contributed by atoms with Gasteiger partial charge in [0.25, 0.3) is 11.8 Å². The monoisotopic (exact) mass is 684 g/mol. The number of amides is 2. The maximum absolute atomic E-state index is 13.6. The predicted octanol–water partition coefficient (Wildman–Crippen LogP) is 8.30. The number of carbonyl (C=O) groups is 3. The number of nitrogens with zero attached hydrogens (tertiary/aromatic N) is 2. The van der Waals surface area contributed by atoms with Crippen LogP contribution in [-0.2, 0) is 17.1 Å². The Morgan fingerprint density at radius 1 is 0.740 bits per heavy atom. The number of carboxylic acid groups (broad SMARTS) is 1. The first-order chi connectivity index (χ1) is 24.4. The van der Waals surface area contributed by atoms with E-state index in [2.05, 4.69) is 50.8 Å². The minimum Gasteiger partial charge on any atom is -0.481 e. The van der Waals surface area contributed by atoms with Crippen molar-refractivity contribution in [1.29, 1.82) is 0 Å². The van der Waals surface area contributed by atoms with Crippen LogP contribution in [-0.4, -0.2) is 46.7 Å². The molecule has 8 nitrogen and oxygen atoms in total. The molecule has 1 saturated heterocycles. The van der Waals surface area contributed by atoms with E-state index in [1.807, 2.05) is 60.7 Å². The molecule has 2 amide bonds. The molecule has 0 atom stereocenters. The number of anilines is 2. The number of hydrogen-bond acceptors (Lipinski definition) is 6. The Morgan fingerprint density at radius 3 is 2.32 bits per heavy atom. The van der Waals surface area contributed by atoms with E-state index in [1.54, 1.807) is 24.4 Å². The lowest BCUT2D eigenvalue weighted by Gasteiger charge is -2.29. The molecule has 3 N–H and O–H groups in total. The lowest BCUT2D eigenvalue weighted by Crippen LogP contribution is -2.29. The van der Waals surface area contributed by atoms with E-state index in [4.69, 9.17) is 5.11 Å². The Hall–Kier alpha value is -5.41. The number of thioether (sulfide) groups is 1. The number of aliphatic carboxylic acids is 1. The zero-order valence-electron chi connectivity index (χ0n) is 27.8. The summed E-state index contributed by atoms with van der Waals surface area (Å²) in [6.07, 6.45) is 5.19. The lowest BCUT2D eigenvalue weighted by atomic mass is 10.0. The van der Waals surface area contributed by atoms with Gasteiger partial charge in [-0.3, -0.25) is 19.4 Å². The number of pyridine rings is 1. The van der Waals surface area contributed by atoms with E-state index in [0.717, 1.165) is 59.4 Å². The minimum absolute atomic E-state index is 0.0978. The van der Waals surface area contributed by atoms with Crippen molar-refractivity contribution in [2.24, 2.45) is 0 Å². The van der Waals surface area contributed by atoms with Gasteiger partial charge in [0.05, 0.1) is 17.8 Å². The second kappa shape index (κ2) is 16.8. The number of hydrogen-bond donors (Lipinski definition) is 3. The second-order valence-corrected chi connectivity index (χ2v) is 13.4. The standard InChI is InChI=1S/C41H40N4O4S/c46-39(47)18-22-50-28-30-10-8-14-33(24-30)41(49)44-37-16-15-35(45-20-5-2-6-21-45)26-36(37)38-25-34(17-19-42-38)40(48)43-27-29-9-7-13-32(23-29)31-11-3-1-4-12-31/h1,3-4,7-17,19,23-26H,2,5-6,18,20-22,27-28H2,(H,43,48)(H,44,49)(H,46,47). The zero-order valence-corrected chi connectivity index (χ0v) is 28.6. The summed E-state index contributed by atoms with van der Waals surface area (Å²) in [5, 5.41) is 15.1. The summed E-state index contributed by atoms with van der Waals surface area (Å²) >= 11 is 1.52. The van der Waals surface area contributed by atoms with E-state index in [0.29, 0.717) is 40.6 Å². The Labute approximate surface area is 297 Å². The molecule has 254 valence electrons. The first-order valence-corrected chi connectivity index (χ1v) is 18.1. The van der Waals surface area contributed by atoms with Crippen molar-refractivity contribution in [3.8, 4) is 22.4 Å². The maximum atomic E-state index is 13.6. The Kier molecular flexibility index (Phi) is 11.6. The molecule has 5 aromatic rings. The van der Waals surface area contributed by atoms with Crippen LogP contribution in [0.15, 0.2) is 115 Å². The molecule has 1 aliphatic heterocycles. The summed E-state index contributed by atoms with van der Waals surface area (Å²) < 4.78 is 0. The third kappa shape index (κ3) is 9.18. The summed E-state index contributed by atoms with van der Waals surface area (Å²) in [6, 6.07) is 35.1. The average molecular weight is 685 g/mol. The summed E-state index contributed by atoms with van der Waals surface area (Å²) in [7, 11) is 0. The number of aromatic nitrogens is 1. The highest BCUT2D eigenvalue weighted by Gasteiger charge is 2.18. The molecule has 6 rings (SSSR count). The Balaban J connectivity index is 1.21. The normalized spacial score (nSPS) is 12.7. The van der Waals surface area contributed by atoms with Gasteiger partial charge < -0.3 is 20.6 Å². The average Bonchev–Trinajstić information content (AvgIpc) is 3.16. The molecule has 50 heavy (non-hydrogen) atoms. The van der Waals surface area contributed by atoms with Gasteiger partial charge >= 0.3 is 5.97 Å². The molecule has 4 aromatic carbocycles. The van der Waals surface area contributed by atoms with Gasteiger partial charge in [-0.1, -0.05) is 60.7 Å². The summed E-state index contributed by atoms with van der Waals surface area (Å²) in [5.74, 6) is -0.181. The van der Waals surface area contributed by atoms with Crippen molar-refractivity contribution in [3.05, 3.63) is 138 Å². The van der Waals surface area contributed by atoms with E-state index >= 15 is 0 Å². The lowest BCUT2D eigenvalue weighted by molar-refractivity contribution is -0.136. The van der Waals surface area contributed by atoms with Gasteiger partial charge in [-0.25, -0.2) is 0 Å². The molecule has 0 spiro atoms. The van der Waals surface area contributed by atoms with Gasteiger partial charge in [-0.15, -0.1) is 0 Å². The highest BCUT2D eigenvalue weighted by Crippen LogP contribution is 2.33. The molecule has 0 unspecified atom stereocenters. The van der Waals surface area contributed by atoms with Gasteiger partial charge in [0, 0.05) is 59.7 Å². The minimum atomic E-state index is -0.821. The van der Waals surface area contributed by atoms with Crippen LogP contribution in [0.25, 0.3) is 22.4 Å². The highest BCUT2D eigenvalue weighted by molar-refractivity contribution is 7.98. The Bertz CT molecular complexity index is 1960. The molecular formula is C41H40N4O4S. The molecule has 0 saturated carbocycles. The molecule has 2 heterocycles. The number of carboxylic acids is 1. The van der Waals surface area contributed by atoms with Crippen molar-refractivity contribution >= 4 is 40.9 Å². The molecular weight excluding hydrogens is 645 g/mol. The summed E-state index contributed by atoms with van der Waals surface area (Å²) in [5.41, 5.74) is 8.09. The van der Waals surface area contributed by atoms with E-state index < -0.39 is 5.97 Å². The van der Waals surface area contributed by atoms with Crippen LogP contribution in [0, 0.1) is 0 Å². The largest absolute Gasteiger partial charge is 0.481 e. The number of nitrogens with one attached hydrogen (secondary N) is 2. The van der Waals surface area contributed by atoms with Gasteiger partial charge in [-0.05, 0) is 90.0 Å². The number of rotatable bonds is 13. The molecule has 9 heteroatoms. The fourth-order valence-electron chi connectivity index (χ4n) is 6.04. The predicted molar refractivity (Wildman–Crippen MR) is 202 cm³/mol. The fourth-order valence-corrected chi connectivity index (χ4v) is 6.92. The van der Waals surface area contributed by atoms with Gasteiger partial charge in [0.2, 0.25) is 0 Å². The number of benzene rings is 4. The third-order valence-corrected chi connectivity index (χ3v) is 9.71. The van der Waals surface area contributed by atoms with Gasteiger partial charge in [0.1, 0.15) is 0 Å². The van der Waals surface area contributed by atoms with Crippen LogP contribution in [0.4, 0.5) is 11.4 Å². The number of piperidine rings is 1. The quantitative estimate of drug-likeness (QED) is 0.107. The van der Waals surface area contributed by atoms with Crippen molar-refractivity contribution in [1.82, 2.24) is 10.3 Å². The van der Waals surface area contributed by atoms with Crippen LogP contribution in [0.3, 0.4) is 0 Å². The van der Waals surface area contributed by atoms with E-state index in [9.17, 15) is 14.4 Å². The topological polar surface area (TPSA) is 112 Å². The van der Waals surface area contributed by atoms with Gasteiger partial charge in [0.15, 0.2) is 0 Å². The smallest absolute Gasteiger partial charge is 0.304 e. The molecule has 1 aromatic heterocycles. The molecule has 1 fully saturated rings. The van der Waals surface area contributed by atoms with Crippen molar-refractivity contribution in [2.75, 3.05) is 29.1 Å². The van der Waals surface area contributed by atoms with Crippen LogP contribution >= 0.6 is 11.8 Å². The van der Waals surface area contributed by atoms with Crippen molar-refractivity contribution in [3.63, 3.8) is 0 Å². The van der Waals surface area contributed by atoms with Crippen LogP contribution in [0.1, 0.15) is 57.5 Å². The zero-order chi connectivity index (χ0) is 34.7. The molecule has 1 aliphatic rings. The summed E-state index contributed by atoms with van der Waals surface area (Å²) in [4.78, 5) is 44.9. The molecule has 0 radical (unpaired) electrons. The summed E-state index contributed by atoms with van der Waals surface area (Å²) in [6.45, 7) is 2.30. The fraction of sp³-hybridized carbons (Fsp3) is 0.220. The van der Waals surface area contributed by atoms with E-state index in [-0.39, 0.29) is 18.2 Å². The van der Waals surface area contributed by atoms with Crippen LogP contribution in [0.2, 0.25) is 0 Å². The third-order valence-electron chi connectivity index (χ3n) is 8.68. The first-order valence-electron chi connectivity index (χ1n) is 16.9. The van der Waals surface area contributed by atoms with Crippen molar-refractivity contribution < 1.29 is 19.5 Å². The second-order valence-electron chi connectivity index (χ2n) is 12.3. The SMILES string of the molecule is O=C(O)CCSCc1cccc(C(=O)Nc2ccc(N3CCCCC3)cc2-c2cc(C(=O)NCc3cccc(-c4ccccc4)c3)ccn2)c1. The van der Waals surface area contributed by atoms with Gasteiger partial charge in [-0.2, -0.15) is 11.8 Å². The first kappa shape index (κ1) is 34.5. The van der Waals surface area contributed by atoms with E-state index in [1.165, 1.54) is 18.2 Å². The number of carbonyl (C=O) groups excluding carboxylic acids is 2. The molecule has 0 bridgehead atoms.